The Bertz CT molecular complexity index is 548. The summed E-state index contributed by atoms with van der Waals surface area (Å²) in [5, 5.41) is 0. The number of aromatic nitrogens is 1. The first kappa shape index (κ1) is 17.4. The fourth-order valence-corrected chi connectivity index (χ4v) is 3.88. The van der Waals surface area contributed by atoms with Crippen molar-refractivity contribution in [3.05, 3.63) is 29.6 Å². The minimum absolute atomic E-state index is 0.0945. The van der Waals surface area contributed by atoms with Gasteiger partial charge in [-0.2, -0.15) is 0 Å². The molecular formula is C19H30N4O. The zero-order valence-electron chi connectivity index (χ0n) is 15.1. The van der Waals surface area contributed by atoms with Crippen molar-refractivity contribution in [2.75, 3.05) is 39.3 Å². The molecule has 0 aliphatic carbocycles. The molecule has 1 aromatic rings. The molecule has 2 fully saturated rings. The van der Waals surface area contributed by atoms with Gasteiger partial charge in [0, 0.05) is 38.9 Å². The third-order valence-corrected chi connectivity index (χ3v) is 5.43. The predicted molar refractivity (Wildman–Crippen MR) is 95.7 cm³/mol. The number of pyridine rings is 1. The van der Waals surface area contributed by atoms with Gasteiger partial charge >= 0.3 is 0 Å². The Labute approximate surface area is 145 Å². The molecule has 2 aliphatic heterocycles. The lowest BCUT2D eigenvalue weighted by atomic mass is 10.1. The van der Waals surface area contributed by atoms with Gasteiger partial charge in [-0.3, -0.25) is 19.6 Å². The second kappa shape index (κ2) is 8.08. The van der Waals surface area contributed by atoms with Crippen molar-refractivity contribution in [3.8, 4) is 0 Å². The van der Waals surface area contributed by atoms with Gasteiger partial charge < -0.3 is 4.90 Å². The number of nitrogens with zero attached hydrogens (tertiary/aromatic N) is 4. The molecule has 0 aromatic carbocycles. The number of likely N-dealkylation sites (tertiary alicyclic amines) is 1. The van der Waals surface area contributed by atoms with E-state index in [0.717, 1.165) is 57.9 Å². The SMILES string of the molecule is CC[C@H](C(=O)N1CCN(Cc2ncccc2C)CC1)N1CCCC1. The maximum atomic E-state index is 12.9. The Morgan fingerprint density at radius 1 is 1.17 bits per heavy atom. The summed E-state index contributed by atoms with van der Waals surface area (Å²) in [5.74, 6) is 0.341. The quantitative estimate of drug-likeness (QED) is 0.827. The van der Waals surface area contributed by atoms with Crippen LogP contribution in [0.5, 0.6) is 0 Å². The first-order chi connectivity index (χ1) is 11.7. The number of rotatable bonds is 5. The predicted octanol–water partition coefficient (Wildman–Crippen LogP) is 1.91. The highest BCUT2D eigenvalue weighted by atomic mass is 16.2. The van der Waals surface area contributed by atoms with Crippen molar-refractivity contribution in [3.63, 3.8) is 0 Å². The van der Waals surface area contributed by atoms with Crippen molar-refractivity contribution >= 4 is 5.91 Å². The van der Waals surface area contributed by atoms with Gasteiger partial charge in [0.05, 0.1) is 11.7 Å². The van der Waals surface area contributed by atoms with E-state index in [1.807, 2.05) is 12.3 Å². The van der Waals surface area contributed by atoms with Gasteiger partial charge in [0.25, 0.3) is 0 Å². The number of hydrogen-bond acceptors (Lipinski definition) is 4. The van der Waals surface area contributed by atoms with Crippen LogP contribution >= 0.6 is 0 Å². The van der Waals surface area contributed by atoms with Crippen molar-refractivity contribution in [1.29, 1.82) is 0 Å². The van der Waals surface area contributed by atoms with E-state index < -0.39 is 0 Å². The third kappa shape index (κ3) is 3.95. The van der Waals surface area contributed by atoms with Gasteiger partial charge in [-0.1, -0.05) is 13.0 Å². The molecule has 1 atom stereocenters. The van der Waals surface area contributed by atoms with Gasteiger partial charge in [-0.25, -0.2) is 0 Å². The lowest BCUT2D eigenvalue weighted by molar-refractivity contribution is -0.138. The molecule has 24 heavy (non-hydrogen) atoms. The summed E-state index contributed by atoms with van der Waals surface area (Å²) >= 11 is 0. The summed E-state index contributed by atoms with van der Waals surface area (Å²) < 4.78 is 0. The Hall–Kier alpha value is -1.46. The molecule has 2 aliphatic rings. The second-order valence-electron chi connectivity index (χ2n) is 7.04. The van der Waals surface area contributed by atoms with E-state index in [-0.39, 0.29) is 6.04 Å². The molecule has 0 bridgehead atoms. The minimum Gasteiger partial charge on any atom is -0.339 e. The molecule has 0 spiro atoms. The number of carbonyl (C=O) groups is 1. The van der Waals surface area contributed by atoms with Crippen LogP contribution in [0.4, 0.5) is 0 Å². The average molecular weight is 330 g/mol. The van der Waals surface area contributed by atoms with Crippen molar-refractivity contribution in [2.24, 2.45) is 0 Å². The molecule has 3 heterocycles. The number of aryl methyl sites for hydroxylation is 1. The van der Waals surface area contributed by atoms with Crippen molar-refractivity contribution in [2.45, 2.75) is 45.7 Å². The highest BCUT2D eigenvalue weighted by molar-refractivity contribution is 5.82. The Kier molecular flexibility index (Phi) is 5.85. The summed E-state index contributed by atoms with van der Waals surface area (Å²) in [4.78, 5) is 24.3. The molecule has 0 radical (unpaired) electrons. The molecule has 1 aromatic heterocycles. The van der Waals surface area contributed by atoms with E-state index in [9.17, 15) is 4.79 Å². The van der Waals surface area contributed by atoms with Gasteiger partial charge in [0.1, 0.15) is 0 Å². The molecule has 5 heteroatoms. The van der Waals surface area contributed by atoms with E-state index in [4.69, 9.17) is 0 Å². The number of hydrogen-bond donors (Lipinski definition) is 0. The normalized spacial score (nSPS) is 21.2. The molecule has 0 N–H and O–H groups in total. The first-order valence-corrected chi connectivity index (χ1v) is 9.34. The van der Waals surface area contributed by atoms with Gasteiger partial charge in [0.15, 0.2) is 0 Å². The fraction of sp³-hybridized carbons (Fsp3) is 0.684. The largest absolute Gasteiger partial charge is 0.339 e. The number of piperazine rings is 1. The zero-order valence-corrected chi connectivity index (χ0v) is 15.1. The monoisotopic (exact) mass is 330 g/mol. The standard InChI is InChI=1S/C19H30N4O/c1-3-18(22-9-4-5-10-22)19(24)23-13-11-21(12-14-23)15-17-16(2)7-6-8-20-17/h6-8,18H,3-5,9-15H2,1-2H3/t18-/m1/s1. The summed E-state index contributed by atoms with van der Waals surface area (Å²) in [7, 11) is 0. The summed E-state index contributed by atoms with van der Waals surface area (Å²) in [6.45, 7) is 10.9. The lowest BCUT2D eigenvalue weighted by Crippen LogP contribution is -2.54. The van der Waals surface area contributed by atoms with Crippen molar-refractivity contribution in [1.82, 2.24) is 19.7 Å². The second-order valence-corrected chi connectivity index (χ2v) is 7.04. The van der Waals surface area contributed by atoms with E-state index in [1.165, 1.54) is 18.4 Å². The van der Waals surface area contributed by atoms with Crippen LogP contribution in [0, 0.1) is 6.92 Å². The summed E-state index contributed by atoms with van der Waals surface area (Å²) in [6, 6.07) is 4.19. The van der Waals surface area contributed by atoms with Crippen LogP contribution in [-0.4, -0.2) is 70.9 Å². The lowest BCUT2D eigenvalue weighted by Gasteiger charge is -2.38. The molecule has 1 amide bonds. The van der Waals surface area contributed by atoms with Crippen molar-refractivity contribution < 1.29 is 4.79 Å². The Balaban J connectivity index is 1.52. The minimum atomic E-state index is 0.0945. The molecule has 2 saturated heterocycles. The van der Waals surface area contributed by atoms with E-state index in [1.54, 1.807) is 0 Å². The molecule has 5 nitrogen and oxygen atoms in total. The van der Waals surface area contributed by atoms with Crippen LogP contribution in [-0.2, 0) is 11.3 Å². The van der Waals surface area contributed by atoms with Crippen LogP contribution in [0.25, 0.3) is 0 Å². The topological polar surface area (TPSA) is 39.7 Å². The van der Waals surface area contributed by atoms with E-state index in [2.05, 4.69) is 39.6 Å². The fourth-order valence-electron chi connectivity index (χ4n) is 3.88. The first-order valence-electron chi connectivity index (χ1n) is 9.34. The molecule has 3 rings (SSSR count). The number of carbonyl (C=O) groups excluding carboxylic acids is 1. The van der Waals surface area contributed by atoms with E-state index in [0.29, 0.717) is 5.91 Å². The molecule has 132 valence electrons. The van der Waals surface area contributed by atoms with Gasteiger partial charge in [0.2, 0.25) is 5.91 Å². The Morgan fingerprint density at radius 3 is 2.50 bits per heavy atom. The van der Waals surface area contributed by atoms with Crippen LogP contribution in [0.3, 0.4) is 0 Å². The van der Waals surface area contributed by atoms with Crippen LogP contribution in [0.15, 0.2) is 18.3 Å². The maximum absolute atomic E-state index is 12.9. The smallest absolute Gasteiger partial charge is 0.240 e. The highest BCUT2D eigenvalue weighted by Gasteiger charge is 2.31. The number of amides is 1. The molecule has 0 saturated carbocycles. The zero-order chi connectivity index (χ0) is 16.9. The maximum Gasteiger partial charge on any atom is 0.240 e. The van der Waals surface area contributed by atoms with Crippen LogP contribution < -0.4 is 0 Å². The van der Waals surface area contributed by atoms with Crippen LogP contribution in [0.2, 0.25) is 0 Å². The highest BCUT2D eigenvalue weighted by Crippen LogP contribution is 2.18. The van der Waals surface area contributed by atoms with Crippen LogP contribution in [0.1, 0.15) is 37.4 Å². The Morgan fingerprint density at radius 2 is 1.88 bits per heavy atom. The van der Waals surface area contributed by atoms with E-state index >= 15 is 0 Å². The summed E-state index contributed by atoms with van der Waals surface area (Å²) in [6.07, 6.45) is 5.26. The summed E-state index contributed by atoms with van der Waals surface area (Å²) in [5.41, 5.74) is 2.40. The third-order valence-electron chi connectivity index (χ3n) is 5.43. The molecule has 0 unspecified atom stereocenters. The molecular weight excluding hydrogens is 300 g/mol. The van der Waals surface area contributed by atoms with Gasteiger partial charge in [-0.15, -0.1) is 0 Å². The average Bonchev–Trinajstić information content (AvgIpc) is 3.12. The van der Waals surface area contributed by atoms with Gasteiger partial charge in [-0.05, 0) is 50.9 Å².